The lowest BCUT2D eigenvalue weighted by Gasteiger charge is -2.21. The van der Waals surface area contributed by atoms with Crippen LogP contribution in [0, 0.1) is 0 Å². The maximum absolute atomic E-state index is 13.1. The Kier molecular flexibility index (Phi) is 34.3. The number of alkyl halides is 10. The fraction of sp³-hybridized carbons (Fsp3) is 0.953. The van der Waals surface area contributed by atoms with Crippen molar-refractivity contribution >= 4 is 11.9 Å². The highest BCUT2D eigenvalue weighted by atomic mass is 19.4. The van der Waals surface area contributed by atoms with Crippen molar-refractivity contribution < 1.29 is 77.5 Å². The number of ether oxygens (including phenoxy) is 4. The molecule has 0 aromatic heterocycles. The summed E-state index contributed by atoms with van der Waals surface area (Å²) in [5, 5.41) is 9.47. The monoisotopic (exact) mass is 908 g/mol. The van der Waals surface area contributed by atoms with Crippen LogP contribution in [0.25, 0.3) is 0 Å². The first-order chi connectivity index (χ1) is 28.9. The number of unbranched alkanes of at least 4 members (excludes halogenated alkanes) is 16. The summed E-state index contributed by atoms with van der Waals surface area (Å²) in [5.41, 5.74) is 0. The van der Waals surface area contributed by atoms with Gasteiger partial charge < -0.3 is 29.0 Å². The third-order valence-electron chi connectivity index (χ3n) is 10.2. The van der Waals surface area contributed by atoms with E-state index in [0.717, 1.165) is 77.3 Å². The molecule has 8 nitrogen and oxygen atoms in total. The number of aliphatic hydroxyl groups excluding tert-OH is 1. The van der Waals surface area contributed by atoms with Crippen LogP contribution in [0.2, 0.25) is 0 Å². The van der Waals surface area contributed by atoms with E-state index in [4.69, 9.17) is 18.9 Å². The molecule has 0 bridgehead atoms. The molecule has 0 rings (SSSR count). The predicted octanol–water partition coefficient (Wildman–Crippen LogP) is 12.7. The van der Waals surface area contributed by atoms with Crippen molar-refractivity contribution in [2.24, 2.45) is 0 Å². The summed E-state index contributed by atoms with van der Waals surface area (Å²) in [5.74, 6) is -10.2. The van der Waals surface area contributed by atoms with E-state index in [1.54, 1.807) is 0 Å². The number of carbonyl (C=O) groups excluding carboxylic acids is 2. The molecule has 1 N–H and O–H groups in total. The maximum atomic E-state index is 13.1. The third-order valence-corrected chi connectivity index (χ3v) is 10.2. The second kappa shape index (κ2) is 35.4. The summed E-state index contributed by atoms with van der Waals surface area (Å²) in [6.07, 6.45) is 1.30. The van der Waals surface area contributed by atoms with Crippen LogP contribution in [-0.2, 0) is 28.5 Å². The predicted molar refractivity (Wildman–Crippen MR) is 213 cm³/mol. The lowest BCUT2D eigenvalue weighted by atomic mass is 10.1. The lowest BCUT2D eigenvalue weighted by molar-refractivity contribution is -0.285. The standard InChI is InChI=1S/C43H75F10NO7/c1-2-3-4-5-6-11-20-33-58-37(56)24-13-8-7-9-18-29-54(31-32-55)30-19-10-12-21-34-59-38(57)25-14-15-26-39(60-35-22-16-27-40(44,45)42(48,49)50)61-36-23-17-28-41(46,47)43(51,52)53/h39,55H,2-36H2,1H3. The first kappa shape index (κ1) is 59.1. The number of rotatable bonds is 42. The van der Waals surface area contributed by atoms with Gasteiger partial charge in [-0.05, 0) is 90.1 Å². The van der Waals surface area contributed by atoms with Crippen LogP contribution in [0.4, 0.5) is 43.9 Å². The molecule has 0 saturated heterocycles. The molecule has 0 aromatic rings. The minimum absolute atomic E-state index is 0.0633. The van der Waals surface area contributed by atoms with E-state index < -0.39 is 62.1 Å². The van der Waals surface area contributed by atoms with Crippen LogP contribution >= 0.6 is 0 Å². The molecule has 0 radical (unpaired) electrons. The van der Waals surface area contributed by atoms with Gasteiger partial charge in [0.2, 0.25) is 0 Å². The van der Waals surface area contributed by atoms with Crippen molar-refractivity contribution in [1.82, 2.24) is 4.90 Å². The Labute approximate surface area is 357 Å². The Morgan fingerprint density at radius 3 is 1.28 bits per heavy atom. The zero-order valence-electron chi connectivity index (χ0n) is 36.4. The summed E-state index contributed by atoms with van der Waals surface area (Å²) in [6, 6.07) is 0. The highest BCUT2D eigenvalue weighted by Crippen LogP contribution is 2.40. The number of hydrogen-bond acceptors (Lipinski definition) is 8. The topological polar surface area (TPSA) is 94.5 Å². The van der Waals surface area contributed by atoms with Crippen molar-refractivity contribution in [2.45, 2.75) is 211 Å². The molecule has 0 aliphatic carbocycles. The molecule has 0 spiro atoms. The first-order valence-corrected chi connectivity index (χ1v) is 22.6. The van der Waals surface area contributed by atoms with Crippen LogP contribution in [0.5, 0.6) is 0 Å². The highest BCUT2D eigenvalue weighted by Gasteiger charge is 2.57. The minimum atomic E-state index is -5.68. The maximum Gasteiger partial charge on any atom is 0.453 e. The van der Waals surface area contributed by atoms with Crippen molar-refractivity contribution in [3.05, 3.63) is 0 Å². The molecule has 0 heterocycles. The van der Waals surface area contributed by atoms with Gasteiger partial charge in [0, 0.05) is 45.4 Å². The summed E-state index contributed by atoms with van der Waals surface area (Å²) < 4.78 is 148. The Morgan fingerprint density at radius 1 is 0.475 bits per heavy atom. The normalized spacial score (nSPS) is 12.8. The van der Waals surface area contributed by atoms with E-state index in [1.165, 1.54) is 32.1 Å². The lowest BCUT2D eigenvalue weighted by Crippen LogP contribution is -2.36. The molecule has 0 unspecified atom stereocenters. The summed E-state index contributed by atoms with van der Waals surface area (Å²) >= 11 is 0. The largest absolute Gasteiger partial charge is 0.466 e. The quantitative estimate of drug-likeness (QED) is 0.0280. The number of hydrogen-bond donors (Lipinski definition) is 1. The molecule has 0 aliphatic rings. The van der Waals surface area contributed by atoms with E-state index in [0.29, 0.717) is 38.8 Å². The molecule has 61 heavy (non-hydrogen) atoms. The van der Waals surface area contributed by atoms with Crippen LogP contribution in [0.3, 0.4) is 0 Å². The zero-order valence-corrected chi connectivity index (χ0v) is 36.4. The second-order valence-electron chi connectivity index (χ2n) is 15.8. The van der Waals surface area contributed by atoms with Gasteiger partial charge in [0.25, 0.3) is 0 Å². The van der Waals surface area contributed by atoms with Crippen LogP contribution in [0.15, 0.2) is 0 Å². The minimum Gasteiger partial charge on any atom is -0.466 e. The number of nitrogens with zero attached hydrogens (tertiary/aromatic N) is 1. The molecule has 0 saturated carbocycles. The Bertz CT molecular complexity index is 1030. The number of esters is 2. The summed E-state index contributed by atoms with van der Waals surface area (Å²) in [6.45, 7) is 4.85. The molecule has 0 amide bonds. The van der Waals surface area contributed by atoms with Crippen molar-refractivity contribution in [2.75, 3.05) is 52.7 Å². The summed E-state index contributed by atoms with van der Waals surface area (Å²) in [4.78, 5) is 26.4. The Morgan fingerprint density at radius 2 is 0.852 bits per heavy atom. The molecular formula is C43H75F10NO7. The van der Waals surface area contributed by atoms with Gasteiger partial charge in [-0.1, -0.05) is 77.6 Å². The highest BCUT2D eigenvalue weighted by molar-refractivity contribution is 5.69. The van der Waals surface area contributed by atoms with E-state index >= 15 is 0 Å². The molecule has 0 fully saturated rings. The van der Waals surface area contributed by atoms with Crippen LogP contribution < -0.4 is 0 Å². The smallest absolute Gasteiger partial charge is 0.453 e. The van der Waals surface area contributed by atoms with Gasteiger partial charge in [-0.2, -0.15) is 43.9 Å². The van der Waals surface area contributed by atoms with Gasteiger partial charge in [-0.25, -0.2) is 0 Å². The van der Waals surface area contributed by atoms with E-state index in [9.17, 15) is 58.6 Å². The van der Waals surface area contributed by atoms with E-state index in [2.05, 4.69) is 11.8 Å². The number of carbonyl (C=O) groups is 2. The molecule has 0 atom stereocenters. The van der Waals surface area contributed by atoms with Gasteiger partial charge in [-0.15, -0.1) is 0 Å². The molecular weight excluding hydrogens is 832 g/mol. The Balaban J connectivity index is 4.20. The van der Waals surface area contributed by atoms with Crippen LogP contribution in [0.1, 0.15) is 180 Å². The van der Waals surface area contributed by atoms with E-state index in [1.807, 2.05) is 0 Å². The van der Waals surface area contributed by atoms with Crippen molar-refractivity contribution in [3.8, 4) is 0 Å². The molecule has 0 aliphatic heterocycles. The third kappa shape index (κ3) is 33.3. The van der Waals surface area contributed by atoms with Crippen molar-refractivity contribution in [1.29, 1.82) is 0 Å². The fourth-order valence-corrected chi connectivity index (χ4v) is 6.38. The average molecular weight is 908 g/mol. The fourth-order valence-electron chi connectivity index (χ4n) is 6.38. The Hall–Kier alpha value is -1.92. The van der Waals surface area contributed by atoms with Crippen molar-refractivity contribution in [3.63, 3.8) is 0 Å². The SMILES string of the molecule is CCCCCCCCCOC(=O)CCCCCCCN(CCO)CCCCCCOC(=O)CCCCC(OCCCCC(F)(F)C(F)(F)F)OCCCCC(F)(F)C(F)(F)F. The van der Waals surface area contributed by atoms with Gasteiger partial charge in [0.1, 0.15) is 0 Å². The number of aliphatic hydroxyl groups is 1. The van der Waals surface area contributed by atoms with Gasteiger partial charge in [-0.3, -0.25) is 9.59 Å². The van der Waals surface area contributed by atoms with E-state index in [-0.39, 0.29) is 58.1 Å². The molecule has 364 valence electrons. The first-order valence-electron chi connectivity index (χ1n) is 22.6. The second-order valence-corrected chi connectivity index (χ2v) is 15.8. The molecule has 18 heteroatoms. The van der Waals surface area contributed by atoms with Gasteiger partial charge >= 0.3 is 36.1 Å². The number of halogens is 10. The summed E-state index contributed by atoms with van der Waals surface area (Å²) in [7, 11) is 0. The van der Waals surface area contributed by atoms with Crippen LogP contribution in [-0.4, -0.2) is 105 Å². The van der Waals surface area contributed by atoms with Gasteiger partial charge in [0.15, 0.2) is 6.29 Å². The molecule has 0 aromatic carbocycles. The zero-order chi connectivity index (χ0) is 45.9. The average Bonchev–Trinajstić information content (AvgIpc) is 3.18. The van der Waals surface area contributed by atoms with Gasteiger partial charge in [0.05, 0.1) is 19.8 Å².